The van der Waals surface area contributed by atoms with E-state index in [1.165, 1.54) is 0 Å². The van der Waals surface area contributed by atoms with Gasteiger partial charge in [0.05, 0.1) is 45.6 Å². The van der Waals surface area contributed by atoms with Crippen molar-refractivity contribution in [2.45, 2.75) is 0 Å². The van der Waals surface area contributed by atoms with Crippen molar-refractivity contribution in [1.82, 2.24) is 39.9 Å². The maximum Gasteiger partial charge on any atom is 0.0736 e. The molecule has 0 atom stereocenters. The Labute approximate surface area is 343 Å². The van der Waals surface area contributed by atoms with E-state index in [1.54, 1.807) is 0 Å². The van der Waals surface area contributed by atoms with E-state index in [0.29, 0.717) is 0 Å². The molecule has 6 aromatic heterocycles. The average Bonchev–Trinajstić information content (AvgIpc) is 4.10. The molecule has 0 unspecified atom stereocenters. The van der Waals surface area contributed by atoms with E-state index in [4.69, 9.17) is 19.9 Å². The maximum absolute atomic E-state index is 5.09. The first-order valence-electron chi connectivity index (χ1n) is 19.9. The normalized spacial score (nSPS) is 12.7. The molecule has 8 heteroatoms. The summed E-state index contributed by atoms with van der Waals surface area (Å²) in [5.41, 5.74) is 21.5. The number of hydrogen-bond acceptors (Lipinski definition) is 4. The van der Waals surface area contributed by atoms with Crippen LogP contribution >= 0.6 is 0 Å². The van der Waals surface area contributed by atoms with E-state index in [-0.39, 0.29) is 0 Å². The molecule has 4 aliphatic heterocycles. The zero-order chi connectivity index (χ0) is 39.6. The molecule has 0 fully saturated rings. The van der Waals surface area contributed by atoms with Crippen LogP contribution in [0.15, 0.2) is 133 Å². The predicted molar refractivity (Wildman–Crippen MR) is 248 cm³/mol. The highest BCUT2D eigenvalue weighted by atomic mass is 14.8. The van der Waals surface area contributed by atoms with Crippen LogP contribution in [-0.4, -0.2) is 39.9 Å². The van der Waals surface area contributed by atoms with E-state index < -0.39 is 0 Å². The molecule has 0 spiro atoms. The predicted octanol–water partition coefficient (Wildman–Crippen LogP) is 12.6. The van der Waals surface area contributed by atoms with E-state index in [1.807, 2.05) is 24.3 Å². The number of hydrogen-bond donors (Lipinski definition) is 4. The number of aromatic nitrogens is 8. The molecular formula is C52H34N8. The van der Waals surface area contributed by atoms with Gasteiger partial charge in [0.2, 0.25) is 0 Å². The number of H-pyrrole nitrogens is 4. The molecule has 0 aliphatic carbocycles. The first-order chi connectivity index (χ1) is 29.6. The number of nitrogens with zero attached hydrogens (tertiary/aromatic N) is 4. The Morgan fingerprint density at radius 1 is 0.250 bits per heavy atom. The second-order valence-corrected chi connectivity index (χ2v) is 15.3. The van der Waals surface area contributed by atoms with Crippen molar-refractivity contribution < 1.29 is 0 Å². The highest BCUT2D eigenvalue weighted by molar-refractivity contribution is 5.93. The molecule has 12 rings (SSSR count). The third-order valence-electron chi connectivity index (χ3n) is 11.1. The summed E-state index contributed by atoms with van der Waals surface area (Å²) in [7, 11) is 0. The van der Waals surface area contributed by atoms with Gasteiger partial charge in [0.25, 0.3) is 0 Å². The van der Waals surface area contributed by atoms with Crippen LogP contribution in [0.3, 0.4) is 0 Å². The van der Waals surface area contributed by atoms with Crippen LogP contribution in [0.5, 0.6) is 0 Å². The number of nitrogens with one attached hydrogen (secondary N) is 4. The molecule has 8 nitrogen and oxygen atoms in total. The smallest absolute Gasteiger partial charge is 0.0736 e. The highest BCUT2D eigenvalue weighted by Crippen LogP contribution is 2.35. The van der Waals surface area contributed by atoms with Crippen LogP contribution in [0.4, 0.5) is 0 Å². The van der Waals surface area contributed by atoms with Gasteiger partial charge in [0, 0.05) is 55.3 Å². The Balaban J connectivity index is 0.941. The number of aromatic amines is 4. The van der Waals surface area contributed by atoms with Crippen LogP contribution in [0.1, 0.15) is 45.6 Å². The van der Waals surface area contributed by atoms with E-state index in [9.17, 15) is 0 Å². The van der Waals surface area contributed by atoms with Crippen molar-refractivity contribution >= 4 is 92.7 Å². The third-order valence-corrected chi connectivity index (χ3v) is 11.1. The molecule has 0 radical (unpaired) electrons. The Bertz CT molecular complexity index is 3290. The summed E-state index contributed by atoms with van der Waals surface area (Å²) in [5.74, 6) is 0. The SMILES string of the molecule is C1=Cc2cc3ccc([nH]3)c(-c3ccc(-c4ccc(-c5c6nc(cc7ccc(cc8nc(cc9ccc5[nH]9)C=C8)[nH]7)C=C6)cc4)cc3)c3nc(cc4ccc(cc1n2)[nH]4)C=C3. The first-order valence-corrected chi connectivity index (χ1v) is 19.9. The van der Waals surface area contributed by atoms with Crippen molar-refractivity contribution in [2.24, 2.45) is 0 Å². The summed E-state index contributed by atoms with van der Waals surface area (Å²) in [6.45, 7) is 0. The minimum Gasteiger partial charge on any atom is -0.355 e. The van der Waals surface area contributed by atoms with Gasteiger partial charge in [-0.2, -0.15) is 0 Å². The van der Waals surface area contributed by atoms with Crippen LogP contribution in [0.2, 0.25) is 0 Å². The van der Waals surface area contributed by atoms with Crippen molar-refractivity contribution in [3.8, 4) is 33.4 Å². The van der Waals surface area contributed by atoms with Gasteiger partial charge in [-0.15, -0.1) is 0 Å². The Morgan fingerprint density at radius 3 is 0.900 bits per heavy atom. The molecule has 4 N–H and O–H groups in total. The quantitative estimate of drug-likeness (QED) is 0.143. The second-order valence-electron chi connectivity index (χ2n) is 15.3. The van der Waals surface area contributed by atoms with Gasteiger partial charge in [0.15, 0.2) is 0 Å². The molecular weight excluding hydrogens is 737 g/mol. The van der Waals surface area contributed by atoms with E-state index in [2.05, 4.69) is 178 Å². The average molecular weight is 771 g/mol. The van der Waals surface area contributed by atoms with Crippen LogP contribution in [-0.2, 0) is 0 Å². The maximum atomic E-state index is 5.09. The van der Waals surface area contributed by atoms with Gasteiger partial charge < -0.3 is 19.9 Å². The lowest BCUT2D eigenvalue weighted by Gasteiger charge is -2.09. The fourth-order valence-corrected chi connectivity index (χ4v) is 8.28. The van der Waals surface area contributed by atoms with Crippen molar-refractivity contribution in [1.29, 1.82) is 0 Å². The topological polar surface area (TPSA) is 115 Å². The third kappa shape index (κ3) is 6.38. The number of rotatable bonds is 3. The summed E-state index contributed by atoms with van der Waals surface area (Å²) in [5, 5.41) is 0. The zero-order valence-corrected chi connectivity index (χ0v) is 32.1. The first kappa shape index (κ1) is 33.7. The minimum absolute atomic E-state index is 0.887. The molecule has 2 aromatic carbocycles. The van der Waals surface area contributed by atoms with Crippen LogP contribution in [0.25, 0.3) is 126 Å². The fraction of sp³-hybridized carbons (Fsp3) is 0. The largest absolute Gasteiger partial charge is 0.355 e. The summed E-state index contributed by atoms with van der Waals surface area (Å²) < 4.78 is 0. The van der Waals surface area contributed by atoms with Gasteiger partial charge in [-0.1, -0.05) is 48.5 Å². The fourth-order valence-electron chi connectivity index (χ4n) is 8.28. The Kier molecular flexibility index (Phi) is 7.67. The molecule has 16 bridgehead atoms. The number of fused-ring (bicyclic) bond motifs is 16. The number of benzene rings is 2. The molecule has 8 aromatic rings. The van der Waals surface area contributed by atoms with Crippen molar-refractivity contribution in [2.75, 3.05) is 0 Å². The molecule has 10 heterocycles. The van der Waals surface area contributed by atoms with Crippen molar-refractivity contribution in [3.63, 3.8) is 0 Å². The summed E-state index contributed by atoms with van der Waals surface area (Å²) in [6, 6.07) is 46.6. The van der Waals surface area contributed by atoms with E-state index in [0.717, 1.165) is 123 Å². The lowest BCUT2D eigenvalue weighted by atomic mass is 9.97. The summed E-state index contributed by atoms with van der Waals surface area (Å²) in [4.78, 5) is 34.1. The van der Waals surface area contributed by atoms with Crippen LogP contribution in [0, 0.1) is 0 Å². The standard InChI is InChI=1S/C52H34N8/c1-5-33(51-47-21-17-43(57-47)27-39-13-9-35(53-39)25-36-10-14-40(54-36)28-44-18-22-48(51)58-44)6-2-31(1)32-3-7-34(8-4-32)52-49-23-19-45(59-49)29-41-15-11-37(55-41)26-38-12-16-42(56-38)30-46-20-24-50(52)60-46/h1-30,53,55,58,60H. The van der Waals surface area contributed by atoms with E-state index >= 15 is 0 Å². The Hall–Kier alpha value is -8.36. The Morgan fingerprint density at radius 2 is 0.533 bits per heavy atom. The molecule has 4 aliphatic rings. The minimum atomic E-state index is 0.887. The second kappa shape index (κ2) is 13.6. The molecule has 0 amide bonds. The van der Waals surface area contributed by atoms with Gasteiger partial charge >= 0.3 is 0 Å². The monoisotopic (exact) mass is 770 g/mol. The van der Waals surface area contributed by atoms with Gasteiger partial charge in [-0.3, -0.25) is 0 Å². The lowest BCUT2D eigenvalue weighted by molar-refractivity contribution is 1.31. The van der Waals surface area contributed by atoms with Gasteiger partial charge in [-0.25, -0.2) is 19.9 Å². The summed E-state index contributed by atoms with van der Waals surface area (Å²) >= 11 is 0. The molecule has 0 saturated heterocycles. The van der Waals surface area contributed by atoms with Crippen LogP contribution < -0.4 is 0 Å². The van der Waals surface area contributed by atoms with Gasteiger partial charge in [0.1, 0.15) is 0 Å². The molecule has 282 valence electrons. The zero-order valence-electron chi connectivity index (χ0n) is 32.1. The van der Waals surface area contributed by atoms with Gasteiger partial charge in [-0.05, 0) is 156 Å². The lowest BCUT2D eigenvalue weighted by Crippen LogP contribution is -1.87. The molecule has 60 heavy (non-hydrogen) atoms. The molecule has 0 saturated carbocycles. The highest BCUT2D eigenvalue weighted by Gasteiger charge is 2.14. The van der Waals surface area contributed by atoms with Crippen molar-refractivity contribution in [3.05, 3.63) is 179 Å². The summed E-state index contributed by atoms with van der Waals surface area (Å²) in [6.07, 6.45) is 16.5.